The maximum absolute atomic E-state index is 13.1. The first kappa shape index (κ1) is 18.8. The zero-order valence-electron chi connectivity index (χ0n) is 12.1. The molecule has 0 N–H and O–H groups in total. The largest absolute Gasteiger partial charge is 0.771 e. The highest BCUT2D eigenvalue weighted by molar-refractivity contribution is 8.08. The lowest BCUT2D eigenvalue weighted by Gasteiger charge is -2.26. The molecule has 24 heavy (non-hydrogen) atoms. The minimum atomic E-state index is -4.97. The first-order valence-electron chi connectivity index (χ1n) is 6.80. The van der Waals surface area contributed by atoms with Crippen LogP contribution in [-0.4, -0.2) is 31.8 Å². The zero-order valence-corrected chi connectivity index (χ0v) is 13.7. The Hall–Kier alpha value is -1.55. The van der Waals surface area contributed by atoms with Gasteiger partial charge >= 0.3 is 11.2 Å². The van der Waals surface area contributed by atoms with Gasteiger partial charge in [-0.25, -0.2) is 8.42 Å². The molecule has 1 aliphatic rings. The Morgan fingerprint density at radius 2 is 1.79 bits per heavy atom. The van der Waals surface area contributed by atoms with Crippen LogP contribution in [0.4, 0.5) is 13.2 Å². The smallest absolute Gasteiger partial charge is 0.417 e. The van der Waals surface area contributed by atoms with Crippen LogP contribution in [0.3, 0.4) is 0 Å². The Bertz CT molecular complexity index is 824. The summed E-state index contributed by atoms with van der Waals surface area (Å²) in [5, 5.41) is -1.17. The fourth-order valence-electron chi connectivity index (χ4n) is 2.83. The second-order valence-electron chi connectivity index (χ2n) is 5.34. The first-order chi connectivity index (χ1) is 11.1. The van der Waals surface area contributed by atoms with Crippen molar-refractivity contribution in [3.05, 3.63) is 35.4 Å². The maximum atomic E-state index is 13.1. The van der Waals surface area contributed by atoms with Gasteiger partial charge in [0.05, 0.1) is 10.5 Å². The molecule has 1 fully saturated rings. The molecule has 11 heteroatoms. The number of hydrogen-bond donors (Lipinski definition) is 0. The molecule has 0 amide bonds. The van der Waals surface area contributed by atoms with Crippen LogP contribution in [-0.2, 0) is 27.1 Å². The van der Waals surface area contributed by atoms with Crippen LogP contribution < -0.4 is 0 Å². The van der Waals surface area contributed by atoms with Crippen molar-refractivity contribution in [2.24, 2.45) is 0 Å². The first-order valence-corrected chi connectivity index (χ1v) is 9.36. The zero-order chi connectivity index (χ0) is 18.2. The molecular weight excluding hydrogens is 369 g/mol. The van der Waals surface area contributed by atoms with Gasteiger partial charge in [-0.2, -0.15) is 18.0 Å². The van der Waals surface area contributed by atoms with Gasteiger partial charge in [0.1, 0.15) is 4.75 Å². The molecule has 1 aliphatic carbocycles. The highest BCUT2D eigenvalue weighted by Gasteiger charge is 2.55. The number of nitrogens with zero attached hydrogens (tertiary/aromatic N) is 2. The molecule has 0 spiro atoms. The summed E-state index contributed by atoms with van der Waals surface area (Å²) in [5.41, 5.74) is 7.70. The summed E-state index contributed by atoms with van der Waals surface area (Å²) in [4.78, 5) is 1.47. The number of alkyl halides is 3. The molecule has 0 aliphatic heterocycles. The van der Waals surface area contributed by atoms with E-state index in [1.165, 1.54) is 0 Å². The summed E-state index contributed by atoms with van der Waals surface area (Å²) in [7, 11) is -4.96. The molecule has 0 aromatic heterocycles. The molecular formula is C13H12F3N2O4S2-. The molecule has 132 valence electrons. The minimum Gasteiger partial charge on any atom is -0.771 e. The fraction of sp³-hybridized carbons (Fsp3) is 0.462. The van der Waals surface area contributed by atoms with Crippen molar-refractivity contribution in [3.8, 4) is 0 Å². The number of sulfone groups is 1. The van der Waals surface area contributed by atoms with Gasteiger partial charge in [0.2, 0.25) is 0 Å². The highest BCUT2D eigenvalue weighted by Crippen LogP contribution is 2.40. The van der Waals surface area contributed by atoms with Crippen molar-refractivity contribution in [3.63, 3.8) is 0 Å². The van der Waals surface area contributed by atoms with Gasteiger partial charge in [-0.05, 0) is 36.1 Å². The Balaban J connectivity index is 2.71. The van der Waals surface area contributed by atoms with Gasteiger partial charge in [-0.15, -0.1) is 0 Å². The van der Waals surface area contributed by atoms with Gasteiger partial charge in [0, 0.05) is 0 Å². The van der Waals surface area contributed by atoms with Crippen LogP contribution in [0.15, 0.2) is 29.2 Å². The van der Waals surface area contributed by atoms with Crippen LogP contribution in [0.1, 0.15) is 31.2 Å². The van der Waals surface area contributed by atoms with E-state index in [-0.39, 0.29) is 12.8 Å². The molecule has 0 saturated heterocycles. The predicted molar refractivity (Wildman–Crippen MR) is 77.4 cm³/mol. The molecule has 1 aromatic rings. The van der Waals surface area contributed by atoms with Crippen molar-refractivity contribution >= 4 is 26.0 Å². The van der Waals surface area contributed by atoms with Gasteiger partial charge < -0.3 is 10.1 Å². The molecule has 0 bridgehead atoms. The van der Waals surface area contributed by atoms with Gasteiger partial charge in [0.15, 0.2) is 0 Å². The van der Waals surface area contributed by atoms with E-state index in [1.54, 1.807) is 0 Å². The molecule has 6 nitrogen and oxygen atoms in total. The standard InChI is InChI=1S/C13H13F3N2O4S2/c14-13(15,16)9-5-1-2-6-10(9)24(21,22)11(18-17)12(23(19)20)7-3-4-8-12/h1-2,5-6H,3-4,7-8H2,(H,19,20)/p-1. The SMILES string of the molecule is [N-]=[N+]=C(C1(S(=O)[O-])CCCC1)S(=O)(=O)c1ccccc1C(F)(F)F. The third-order valence-corrected chi connectivity index (χ3v) is 7.23. The van der Waals surface area contributed by atoms with Gasteiger partial charge in [-0.3, -0.25) is 4.21 Å². The van der Waals surface area contributed by atoms with Crippen molar-refractivity contribution < 1.29 is 35.1 Å². The van der Waals surface area contributed by atoms with Crippen LogP contribution in [0.25, 0.3) is 5.53 Å². The minimum absolute atomic E-state index is 0.143. The molecule has 0 heterocycles. The predicted octanol–water partition coefficient (Wildman–Crippen LogP) is 2.30. The topological polar surface area (TPSA) is 111 Å². The number of rotatable bonds is 3. The number of benzene rings is 1. The summed E-state index contributed by atoms with van der Waals surface area (Å²) in [6.45, 7) is 0. The Labute approximate surface area is 138 Å². The van der Waals surface area contributed by atoms with E-state index in [0.717, 1.165) is 12.1 Å². The third-order valence-electron chi connectivity index (χ3n) is 3.95. The van der Waals surface area contributed by atoms with Crippen LogP contribution in [0, 0.1) is 0 Å². The lowest BCUT2D eigenvalue weighted by Crippen LogP contribution is -2.45. The van der Waals surface area contributed by atoms with Crippen LogP contribution >= 0.6 is 0 Å². The monoisotopic (exact) mass is 381 g/mol. The molecule has 1 atom stereocenters. The average Bonchev–Trinajstić information content (AvgIpc) is 2.97. The Morgan fingerprint density at radius 3 is 2.25 bits per heavy atom. The van der Waals surface area contributed by atoms with Crippen molar-refractivity contribution in [1.82, 2.24) is 0 Å². The average molecular weight is 381 g/mol. The van der Waals surface area contributed by atoms with E-state index in [1.807, 2.05) is 0 Å². The summed E-state index contributed by atoms with van der Waals surface area (Å²) < 4.78 is 85.8. The third kappa shape index (κ3) is 3.04. The van der Waals surface area contributed by atoms with Gasteiger partial charge in [-0.1, -0.05) is 25.0 Å². The molecule has 1 saturated carbocycles. The maximum Gasteiger partial charge on any atom is 0.417 e. The molecule has 1 unspecified atom stereocenters. The quantitative estimate of drug-likeness (QED) is 0.263. The fourth-order valence-corrected chi connectivity index (χ4v) is 5.91. The van der Waals surface area contributed by atoms with Crippen molar-refractivity contribution in [2.45, 2.75) is 41.5 Å². The summed E-state index contributed by atoms with van der Waals surface area (Å²) in [5.74, 6) is 0. The second kappa shape index (κ2) is 6.40. The van der Waals surface area contributed by atoms with Gasteiger partial charge in [0.25, 0.3) is 9.84 Å². The molecule has 0 radical (unpaired) electrons. The van der Waals surface area contributed by atoms with Crippen molar-refractivity contribution in [2.75, 3.05) is 0 Å². The van der Waals surface area contributed by atoms with E-state index >= 15 is 0 Å². The normalized spacial score (nSPS) is 18.8. The number of halogens is 3. The molecule has 1 aromatic carbocycles. The van der Waals surface area contributed by atoms with Crippen LogP contribution in [0.5, 0.6) is 0 Å². The van der Waals surface area contributed by atoms with Crippen LogP contribution in [0.2, 0.25) is 0 Å². The molecule has 2 rings (SSSR count). The Kier molecular flexibility index (Phi) is 5.01. The highest BCUT2D eigenvalue weighted by atomic mass is 32.2. The summed E-state index contributed by atoms with van der Waals surface area (Å²) >= 11 is -2.98. The van der Waals surface area contributed by atoms with Crippen molar-refractivity contribution in [1.29, 1.82) is 0 Å². The summed E-state index contributed by atoms with van der Waals surface area (Å²) in [6.07, 6.45) is -4.55. The Morgan fingerprint density at radius 1 is 1.25 bits per heavy atom. The number of hydrogen-bond acceptors (Lipinski definition) is 4. The van der Waals surface area contributed by atoms with E-state index in [9.17, 15) is 30.4 Å². The summed E-state index contributed by atoms with van der Waals surface area (Å²) in [6, 6.07) is 3.36. The lowest BCUT2D eigenvalue weighted by atomic mass is 10.1. The lowest BCUT2D eigenvalue weighted by molar-refractivity contribution is -0.139. The second-order valence-corrected chi connectivity index (χ2v) is 8.42. The van der Waals surface area contributed by atoms with E-state index in [0.29, 0.717) is 25.0 Å². The van der Waals surface area contributed by atoms with E-state index < -0.39 is 47.3 Å². The van der Waals surface area contributed by atoms with E-state index in [2.05, 4.69) is 4.79 Å². The van der Waals surface area contributed by atoms with E-state index in [4.69, 9.17) is 5.53 Å².